The molecule has 0 saturated heterocycles. The largest absolute Gasteiger partial charge is 0.481 e. The van der Waals surface area contributed by atoms with Crippen LogP contribution in [0, 0.1) is 0 Å². The van der Waals surface area contributed by atoms with Gasteiger partial charge in [0.15, 0.2) is 0 Å². The minimum absolute atomic E-state index is 0.142. The van der Waals surface area contributed by atoms with Gasteiger partial charge in [-0.25, -0.2) is 0 Å². The van der Waals surface area contributed by atoms with Crippen LogP contribution in [-0.4, -0.2) is 15.6 Å². The van der Waals surface area contributed by atoms with Crippen molar-refractivity contribution in [1.29, 1.82) is 0 Å². The molecule has 0 unspecified atom stereocenters. The molecular weight excluding hydrogens is 250 g/mol. The molecular formula is C14H14ClNO2. The Hall–Kier alpha value is -1.48. The fourth-order valence-electron chi connectivity index (χ4n) is 2.67. The second-order valence-corrected chi connectivity index (χ2v) is 5.58. The molecule has 1 aliphatic carbocycles. The second-order valence-electron chi connectivity index (χ2n) is 5.17. The summed E-state index contributed by atoms with van der Waals surface area (Å²) in [5.41, 5.74) is 2.04. The van der Waals surface area contributed by atoms with Crippen molar-refractivity contribution < 1.29 is 9.90 Å². The standard InChI is InChI=1S/C14H14ClNO2/c1-16-8-11(15)10-3-2-9(6-12(10)16)14(4-5-14)7-13(17)18/h2-3,6,8H,4-5,7H2,1H3,(H,17,18). The van der Waals surface area contributed by atoms with E-state index in [2.05, 4.69) is 6.07 Å². The number of carbonyl (C=O) groups is 1. The van der Waals surface area contributed by atoms with Crippen molar-refractivity contribution in [2.45, 2.75) is 24.7 Å². The molecule has 3 rings (SSSR count). The summed E-state index contributed by atoms with van der Waals surface area (Å²) in [6.45, 7) is 0. The van der Waals surface area contributed by atoms with E-state index in [-0.39, 0.29) is 11.8 Å². The van der Waals surface area contributed by atoms with Crippen LogP contribution in [0.4, 0.5) is 0 Å². The summed E-state index contributed by atoms with van der Waals surface area (Å²) >= 11 is 6.13. The summed E-state index contributed by atoms with van der Waals surface area (Å²) in [4.78, 5) is 10.9. The average molecular weight is 264 g/mol. The Kier molecular flexibility index (Phi) is 2.42. The average Bonchev–Trinajstić information content (AvgIpc) is 3.02. The summed E-state index contributed by atoms with van der Waals surface area (Å²) in [7, 11) is 1.95. The van der Waals surface area contributed by atoms with Gasteiger partial charge >= 0.3 is 5.97 Å². The number of aromatic nitrogens is 1. The van der Waals surface area contributed by atoms with Gasteiger partial charge in [-0.1, -0.05) is 23.7 Å². The van der Waals surface area contributed by atoms with E-state index in [1.807, 2.05) is 29.9 Å². The van der Waals surface area contributed by atoms with E-state index in [9.17, 15) is 4.79 Å². The number of carboxylic acid groups (broad SMARTS) is 1. The van der Waals surface area contributed by atoms with Crippen LogP contribution in [0.1, 0.15) is 24.8 Å². The molecule has 1 aliphatic rings. The highest BCUT2D eigenvalue weighted by atomic mass is 35.5. The van der Waals surface area contributed by atoms with Crippen LogP contribution in [0.25, 0.3) is 10.9 Å². The molecule has 1 saturated carbocycles. The predicted molar refractivity (Wildman–Crippen MR) is 71.1 cm³/mol. The Morgan fingerprint density at radius 2 is 2.22 bits per heavy atom. The molecule has 0 atom stereocenters. The lowest BCUT2D eigenvalue weighted by Crippen LogP contribution is -2.12. The van der Waals surface area contributed by atoms with Gasteiger partial charge in [0.2, 0.25) is 0 Å². The summed E-state index contributed by atoms with van der Waals surface area (Å²) in [5.74, 6) is -0.725. The zero-order valence-corrected chi connectivity index (χ0v) is 10.9. The first-order valence-electron chi connectivity index (χ1n) is 5.99. The lowest BCUT2D eigenvalue weighted by atomic mass is 9.92. The number of carboxylic acids is 1. The third-order valence-corrected chi connectivity index (χ3v) is 4.20. The van der Waals surface area contributed by atoms with Crippen molar-refractivity contribution in [2.24, 2.45) is 7.05 Å². The number of hydrogen-bond acceptors (Lipinski definition) is 1. The molecule has 1 fully saturated rings. The van der Waals surface area contributed by atoms with E-state index >= 15 is 0 Å². The third kappa shape index (κ3) is 1.70. The minimum Gasteiger partial charge on any atom is -0.481 e. The first-order chi connectivity index (χ1) is 8.52. The fourth-order valence-corrected chi connectivity index (χ4v) is 2.98. The minimum atomic E-state index is -0.725. The highest BCUT2D eigenvalue weighted by Gasteiger charge is 2.46. The molecule has 2 aromatic rings. The molecule has 1 aromatic carbocycles. The lowest BCUT2D eigenvalue weighted by Gasteiger charge is -2.13. The first kappa shape index (κ1) is 11.6. The van der Waals surface area contributed by atoms with Crippen LogP contribution in [-0.2, 0) is 17.3 Å². The molecule has 3 nitrogen and oxygen atoms in total. The third-order valence-electron chi connectivity index (χ3n) is 3.90. The first-order valence-corrected chi connectivity index (χ1v) is 6.36. The molecule has 1 heterocycles. The second kappa shape index (κ2) is 3.75. The summed E-state index contributed by atoms with van der Waals surface area (Å²) in [6, 6.07) is 6.09. The van der Waals surface area contributed by atoms with E-state index < -0.39 is 5.97 Å². The maximum absolute atomic E-state index is 10.9. The molecule has 0 amide bonds. The van der Waals surface area contributed by atoms with Gasteiger partial charge in [0.1, 0.15) is 0 Å². The quantitative estimate of drug-likeness (QED) is 0.923. The molecule has 94 valence electrons. The predicted octanol–water partition coefficient (Wildman–Crippen LogP) is 3.34. The molecule has 4 heteroatoms. The Morgan fingerprint density at radius 1 is 1.50 bits per heavy atom. The van der Waals surface area contributed by atoms with Gasteiger partial charge < -0.3 is 9.67 Å². The van der Waals surface area contributed by atoms with Gasteiger partial charge in [0, 0.05) is 29.6 Å². The van der Waals surface area contributed by atoms with E-state index in [0.717, 1.165) is 34.3 Å². The van der Waals surface area contributed by atoms with Gasteiger partial charge in [-0.2, -0.15) is 0 Å². The SMILES string of the molecule is Cn1cc(Cl)c2ccc(C3(CC(=O)O)CC3)cc21. The van der Waals surface area contributed by atoms with Crippen LogP contribution in [0.15, 0.2) is 24.4 Å². The number of nitrogens with zero attached hydrogens (tertiary/aromatic N) is 1. The maximum atomic E-state index is 10.9. The molecule has 0 radical (unpaired) electrons. The zero-order chi connectivity index (χ0) is 12.9. The molecule has 0 bridgehead atoms. The summed E-state index contributed by atoms with van der Waals surface area (Å²) in [5, 5.41) is 10.8. The van der Waals surface area contributed by atoms with Crippen molar-refractivity contribution in [3.63, 3.8) is 0 Å². The molecule has 1 N–H and O–H groups in total. The van der Waals surface area contributed by atoms with Crippen LogP contribution in [0.5, 0.6) is 0 Å². The highest BCUT2D eigenvalue weighted by molar-refractivity contribution is 6.35. The van der Waals surface area contributed by atoms with Crippen LogP contribution < -0.4 is 0 Å². The number of halogens is 1. The van der Waals surface area contributed by atoms with Crippen LogP contribution in [0.2, 0.25) is 5.02 Å². The Labute approximate surface area is 110 Å². The maximum Gasteiger partial charge on any atom is 0.304 e. The number of aryl methyl sites for hydroxylation is 1. The topological polar surface area (TPSA) is 42.2 Å². The molecule has 1 aromatic heterocycles. The van der Waals surface area contributed by atoms with E-state index in [0.29, 0.717) is 0 Å². The monoisotopic (exact) mass is 263 g/mol. The van der Waals surface area contributed by atoms with Crippen molar-refractivity contribution in [1.82, 2.24) is 4.57 Å². The normalized spacial score (nSPS) is 17.0. The van der Waals surface area contributed by atoms with Gasteiger partial charge in [0.05, 0.1) is 11.4 Å². The summed E-state index contributed by atoms with van der Waals surface area (Å²) in [6.07, 6.45) is 4.02. The summed E-state index contributed by atoms with van der Waals surface area (Å²) < 4.78 is 1.98. The number of hydrogen-bond donors (Lipinski definition) is 1. The molecule has 0 spiro atoms. The lowest BCUT2D eigenvalue weighted by molar-refractivity contribution is -0.137. The highest BCUT2D eigenvalue weighted by Crippen LogP contribution is 2.51. The van der Waals surface area contributed by atoms with Gasteiger partial charge in [-0.3, -0.25) is 4.79 Å². The van der Waals surface area contributed by atoms with E-state index in [1.165, 1.54) is 0 Å². The van der Waals surface area contributed by atoms with Crippen molar-refractivity contribution in [3.8, 4) is 0 Å². The number of aliphatic carboxylic acids is 1. The van der Waals surface area contributed by atoms with Crippen molar-refractivity contribution >= 4 is 28.5 Å². The van der Waals surface area contributed by atoms with Crippen molar-refractivity contribution in [2.75, 3.05) is 0 Å². The van der Waals surface area contributed by atoms with Gasteiger partial charge in [0.25, 0.3) is 0 Å². The Morgan fingerprint density at radius 3 is 2.83 bits per heavy atom. The number of fused-ring (bicyclic) bond motifs is 1. The van der Waals surface area contributed by atoms with Crippen LogP contribution in [0.3, 0.4) is 0 Å². The fraction of sp³-hybridized carbons (Fsp3) is 0.357. The molecule has 18 heavy (non-hydrogen) atoms. The molecule has 0 aliphatic heterocycles. The smallest absolute Gasteiger partial charge is 0.304 e. The Bertz CT molecular complexity index is 641. The number of benzene rings is 1. The van der Waals surface area contributed by atoms with E-state index in [1.54, 1.807) is 0 Å². The van der Waals surface area contributed by atoms with E-state index in [4.69, 9.17) is 16.7 Å². The van der Waals surface area contributed by atoms with Crippen molar-refractivity contribution in [3.05, 3.63) is 35.0 Å². The Balaban J connectivity index is 2.09. The van der Waals surface area contributed by atoms with Gasteiger partial charge in [-0.05, 0) is 24.5 Å². The van der Waals surface area contributed by atoms with Crippen LogP contribution >= 0.6 is 11.6 Å². The zero-order valence-electron chi connectivity index (χ0n) is 10.1. The number of rotatable bonds is 3. The van der Waals surface area contributed by atoms with Gasteiger partial charge in [-0.15, -0.1) is 0 Å².